The zero-order valence-electron chi connectivity index (χ0n) is 33.7. The van der Waals surface area contributed by atoms with Gasteiger partial charge in [0.2, 0.25) is 23.6 Å². The van der Waals surface area contributed by atoms with Gasteiger partial charge in [-0.3, -0.25) is 19.2 Å². The van der Waals surface area contributed by atoms with Gasteiger partial charge in [-0.25, -0.2) is 9.78 Å². The van der Waals surface area contributed by atoms with Gasteiger partial charge in [0.1, 0.15) is 24.4 Å². The van der Waals surface area contributed by atoms with Crippen molar-refractivity contribution in [2.75, 3.05) is 13.2 Å². The number of aliphatic hydroxyl groups is 1. The van der Waals surface area contributed by atoms with E-state index in [1.54, 1.807) is 12.3 Å². The van der Waals surface area contributed by atoms with Gasteiger partial charge in [0.15, 0.2) is 0 Å². The molecule has 1 saturated carbocycles. The molecule has 2 heterocycles. The Kier molecular flexibility index (Phi) is 21.8. The molecule has 0 bridgehead atoms. The first-order valence-electron chi connectivity index (χ1n) is 19.3. The first kappa shape index (κ1) is 51.9. The van der Waals surface area contributed by atoms with Crippen LogP contribution in [0.1, 0.15) is 98.9 Å². The number of halogens is 1. The molecule has 4 amide bonds. The lowest BCUT2D eigenvalue weighted by Crippen LogP contribution is -2.58. The fraction of sp³-hybridized carbons (Fsp3) is 0.512. The van der Waals surface area contributed by atoms with Crippen molar-refractivity contribution in [3.63, 3.8) is 0 Å². The highest BCUT2D eigenvalue weighted by molar-refractivity contribution is 5.93. The van der Waals surface area contributed by atoms with Crippen molar-refractivity contribution >= 4 is 42.0 Å². The Hall–Kier alpha value is -5.07. The number of benzene rings is 2. The van der Waals surface area contributed by atoms with E-state index in [2.05, 4.69) is 25.9 Å². The largest absolute Gasteiger partial charge is 0.491 e. The van der Waals surface area contributed by atoms with Crippen molar-refractivity contribution in [1.82, 2.24) is 30.8 Å². The predicted octanol–water partition coefficient (Wildman–Crippen LogP) is 1.65. The molecule has 1 fully saturated rings. The molecule has 3 unspecified atom stereocenters. The number of rotatable bonds is 18. The van der Waals surface area contributed by atoms with Crippen molar-refractivity contribution in [2.24, 2.45) is 11.8 Å². The normalized spacial score (nSPS) is 16.4. The molecule has 3 aromatic rings. The van der Waals surface area contributed by atoms with Crippen LogP contribution >= 0.6 is 12.4 Å². The number of amides is 4. The number of nitrogens with zero attached hydrogens (tertiary/aromatic N) is 2. The molecular weight excluding hydrogens is 788 g/mol. The molecule has 2 aromatic carbocycles. The molecule has 17 nitrogen and oxygen atoms in total. The number of aromatic carboxylic acids is 1. The molecule has 0 saturated heterocycles. The number of hydrogen-bond acceptors (Lipinski definition) is 8. The van der Waals surface area contributed by atoms with E-state index in [1.165, 1.54) is 30.3 Å². The molecule has 18 heteroatoms. The van der Waals surface area contributed by atoms with Gasteiger partial charge in [-0.1, -0.05) is 76.3 Å². The molecule has 1 aliphatic heterocycles. The monoisotopic (exact) mass is 848 g/mol. The summed E-state index contributed by atoms with van der Waals surface area (Å²) in [5, 5.41) is 29.9. The number of aromatic amines is 1. The van der Waals surface area contributed by atoms with Gasteiger partial charge in [0.25, 0.3) is 0 Å². The summed E-state index contributed by atoms with van der Waals surface area (Å²) in [4.78, 5) is 75.8. The third-order valence-electron chi connectivity index (χ3n) is 10.4. The Balaban J connectivity index is 0.00000435. The maximum Gasteiger partial charge on any atom is 0.335 e. The van der Waals surface area contributed by atoms with Crippen LogP contribution in [0.5, 0.6) is 5.75 Å². The average molecular weight is 849 g/mol. The molecule has 0 spiro atoms. The second-order valence-electron chi connectivity index (χ2n) is 15.2. The minimum atomic E-state index is -1.18. The highest BCUT2D eigenvalue weighted by atomic mass is 35.5. The summed E-state index contributed by atoms with van der Waals surface area (Å²) in [6, 6.07) is 9.71. The van der Waals surface area contributed by atoms with E-state index in [0.717, 1.165) is 37.7 Å². The van der Waals surface area contributed by atoms with E-state index in [0.29, 0.717) is 30.0 Å². The Morgan fingerprint density at radius 2 is 1.64 bits per heavy atom. The summed E-state index contributed by atoms with van der Waals surface area (Å²) in [7, 11) is 0. The zero-order chi connectivity index (χ0) is 39.5. The first-order valence-corrected chi connectivity index (χ1v) is 19.3. The van der Waals surface area contributed by atoms with Crippen LogP contribution < -0.4 is 20.7 Å². The van der Waals surface area contributed by atoms with Gasteiger partial charge >= 0.3 is 5.97 Å². The molecule has 59 heavy (non-hydrogen) atoms. The molecule has 1 aliphatic carbocycles. The molecule has 328 valence electrons. The van der Waals surface area contributed by atoms with Crippen LogP contribution in [0.25, 0.3) is 0 Å². The van der Waals surface area contributed by atoms with E-state index >= 15 is 0 Å². The second-order valence-corrected chi connectivity index (χ2v) is 15.2. The SMILES string of the molecule is CC(=O)N(C1COc2ccc(C(=O)O)cc21)[C@@H](Cc1ccccc1)C(=O)N[C@@H](Cc1c[nH]cn1)C(=O)NC(CC1CCCCC1)C(O)CC(=O)NCC(C)C.Cl.O.O.O. The Morgan fingerprint density at radius 3 is 2.25 bits per heavy atom. The van der Waals surface area contributed by atoms with Crippen molar-refractivity contribution in [3.05, 3.63) is 83.4 Å². The van der Waals surface area contributed by atoms with Gasteiger partial charge in [0.05, 0.1) is 42.2 Å². The standard InChI is InChI=1S/C41H54N6O8.ClH.3H2O/c1-25(2)21-43-38(50)20-36(49)32(16-27-10-6-4-7-11-27)45-39(51)33(19-30-22-42-24-44-30)46-40(52)34(17-28-12-8-5-9-13-28)47(26(3)48)35-23-55-37-15-14-29(41(53)54)18-31(35)37;;;;/h5,8-9,12-15,18,22,24-25,27,32-36,49H,4,6-7,10-11,16-17,19-21,23H2,1-3H3,(H,42,44)(H,43,50)(H,45,51)(H,46,52)(H,53,54);1H;3*1H2/t32?,33-,34-,35?,36?;;;;/m0..../s1. The van der Waals surface area contributed by atoms with E-state index in [1.807, 2.05) is 44.2 Å². The first-order chi connectivity index (χ1) is 26.4. The van der Waals surface area contributed by atoms with Gasteiger partial charge in [-0.2, -0.15) is 0 Å². The third kappa shape index (κ3) is 14.6. The maximum atomic E-state index is 14.6. The second kappa shape index (κ2) is 24.8. The lowest BCUT2D eigenvalue weighted by molar-refractivity contribution is -0.143. The van der Waals surface area contributed by atoms with E-state index in [9.17, 15) is 34.2 Å². The van der Waals surface area contributed by atoms with Crippen LogP contribution in [0.4, 0.5) is 0 Å². The molecule has 0 radical (unpaired) electrons. The number of aromatic nitrogens is 2. The molecule has 5 rings (SSSR count). The third-order valence-corrected chi connectivity index (χ3v) is 10.4. The lowest BCUT2D eigenvalue weighted by atomic mass is 9.83. The van der Waals surface area contributed by atoms with Crippen LogP contribution in [0, 0.1) is 11.8 Å². The fourth-order valence-electron chi connectivity index (χ4n) is 7.56. The number of carbonyl (C=O) groups excluding carboxylic acids is 4. The molecule has 1 aromatic heterocycles. The lowest BCUT2D eigenvalue weighted by Gasteiger charge is -2.36. The van der Waals surface area contributed by atoms with E-state index in [4.69, 9.17) is 4.74 Å². The number of aliphatic hydroxyl groups excluding tert-OH is 1. The van der Waals surface area contributed by atoms with Gasteiger partial charge in [-0.15, -0.1) is 12.4 Å². The van der Waals surface area contributed by atoms with E-state index in [-0.39, 0.29) is 78.0 Å². The molecule has 2 aliphatic rings. The topological polar surface area (TPSA) is 298 Å². The minimum Gasteiger partial charge on any atom is -0.491 e. The summed E-state index contributed by atoms with van der Waals surface area (Å²) in [6.07, 6.45) is 7.43. The summed E-state index contributed by atoms with van der Waals surface area (Å²) in [5.74, 6) is -2.18. The number of hydrogen-bond donors (Lipinski definition) is 6. The van der Waals surface area contributed by atoms with Crippen molar-refractivity contribution in [2.45, 2.75) is 109 Å². The van der Waals surface area contributed by atoms with Crippen LogP contribution in [-0.4, -0.2) is 108 Å². The minimum absolute atomic E-state index is 0. The molecule has 12 N–H and O–H groups in total. The van der Waals surface area contributed by atoms with Crippen LogP contribution in [0.3, 0.4) is 0 Å². The number of fused-ring (bicyclic) bond motifs is 1. The van der Waals surface area contributed by atoms with Crippen molar-refractivity contribution in [1.29, 1.82) is 0 Å². The van der Waals surface area contributed by atoms with Gasteiger partial charge in [-0.05, 0) is 42.0 Å². The molecular formula is C41H61ClN6O11. The number of imidazole rings is 1. The smallest absolute Gasteiger partial charge is 0.335 e. The van der Waals surface area contributed by atoms with E-state index < -0.39 is 54.0 Å². The Bertz CT molecular complexity index is 1780. The van der Waals surface area contributed by atoms with Crippen LogP contribution in [0.15, 0.2) is 61.1 Å². The van der Waals surface area contributed by atoms with Crippen molar-refractivity contribution in [3.8, 4) is 5.75 Å². The quantitative estimate of drug-likeness (QED) is 0.108. The summed E-state index contributed by atoms with van der Waals surface area (Å²) in [5.41, 5.74) is 1.73. The van der Waals surface area contributed by atoms with Crippen molar-refractivity contribution < 1.29 is 55.4 Å². The van der Waals surface area contributed by atoms with Crippen LogP contribution in [-0.2, 0) is 32.0 Å². The average Bonchev–Trinajstić information content (AvgIpc) is 3.84. The number of carbonyl (C=O) groups is 5. The molecule has 5 atom stereocenters. The number of ether oxygens (including phenoxy) is 1. The van der Waals surface area contributed by atoms with Gasteiger partial charge in [0, 0.05) is 38.1 Å². The highest BCUT2D eigenvalue weighted by Gasteiger charge is 2.41. The summed E-state index contributed by atoms with van der Waals surface area (Å²) >= 11 is 0. The van der Waals surface area contributed by atoms with Crippen LogP contribution in [0.2, 0.25) is 0 Å². The number of carboxylic acids is 1. The maximum absolute atomic E-state index is 14.6. The highest BCUT2D eigenvalue weighted by Crippen LogP contribution is 2.38. The summed E-state index contributed by atoms with van der Waals surface area (Å²) < 4.78 is 5.88. The number of H-pyrrole nitrogens is 1. The fourth-order valence-corrected chi connectivity index (χ4v) is 7.56. The Labute approximate surface area is 350 Å². The number of nitrogens with one attached hydrogen (secondary N) is 4. The summed E-state index contributed by atoms with van der Waals surface area (Å²) in [6.45, 7) is 5.76. The zero-order valence-corrected chi connectivity index (χ0v) is 34.6. The number of carboxylic acid groups (broad SMARTS) is 1. The van der Waals surface area contributed by atoms with Gasteiger partial charge < -0.3 is 57.2 Å². The Morgan fingerprint density at radius 1 is 0.949 bits per heavy atom. The predicted molar refractivity (Wildman–Crippen MR) is 222 cm³/mol.